The molecule has 9 aromatic rings. The molecule has 0 saturated carbocycles. The van der Waals surface area contributed by atoms with Crippen LogP contribution >= 0.6 is 0 Å². The first-order valence-electron chi connectivity index (χ1n) is 14.5. The number of hydrogen-bond acceptors (Lipinski definition) is 3. The van der Waals surface area contributed by atoms with Crippen molar-refractivity contribution in [1.82, 2.24) is 0 Å². The molecule has 43 heavy (non-hydrogen) atoms. The summed E-state index contributed by atoms with van der Waals surface area (Å²) < 4.78 is 12.6. The maximum Gasteiger partial charge on any atom is 0.137 e. The second kappa shape index (κ2) is 9.37. The van der Waals surface area contributed by atoms with E-state index >= 15 is 0 Å². The van der Waals surface area contributed by atoms with Crippen molar-refractivity contribution in [3.63, 3.8) is 0 Å². The Morgan fingerprint density at radius 1 is 0.395 bits per heavy atom. The molecule has 3 heteroatoms. The topological polar surface area (TPSA) is 29.5 Å². The monoisotopic (exact) mass is 551 g/mol. The molecule has 0 aliphatic heterocycles. The van der Waals surface area contributed by atoms with E-state index in [-0.39, 0.29) is 0 Å². The van der Waals surface area contributed by atoms with Crippen molar-refractivity contribution in [1.29, 1.82) is 0 Å². The minimum absolute atomic E-state index is 0.861. The van der Waals surface area contributed by atoms with Gasteiger partial charge in [0.05, 0.1) is 11.1 Å². The van der Waals surface area contributed by atoms with Crippen LogP contribution in [-0.2, 0) is 0 Å². The van der Waals surface area contributed by atoms with Gasteiger partial charge in [0.1, 0.15) is 22.3 Å². The van der Waals surface area contributed by atoms with Gasteiger partial charge in [0.25, 0.3) is 0 Å². The highest BCUT2D eigenvalue weighted by Crippen LogP contribution is 2.44. The van der Waals surface area contributed by atoms with Gasteiger partial charge in [-0.2, -0.15) is 0 Å². The van der Waals surface area contributed by atoms with Crippen molar-refractivity contribution in [2.45, 2.75) is 0 Å². The van der Waals surface area contributed by atoms with Gasteiger partial charge >= 0.3 is 0 Å². The number of para-hydroxylation sites is 2. The molecule has 2 aromatic heterocycles. The highest BCUT2D eigenvalue weighted by molar-refractivity contribution is 6.14. The van der Waals surface area contributed by atoms with Crippen molar-refractivity contribution in [3.05, 3.63) is 152 Å². The second-order valence-corrected chi connectivity index (χ2v) is 10.9. The molecule has 0 radical (unpaired) electrons. The van der Waals surface area contributed by atoms with Crippen LogP contribution in [0.5, 0.6) is 0 Å². The molecule has 0 aliphatic carbocycles. The minimum Gasteiger partial charge on any atom is -0.456 e. The molecule has 7 aromatic carbocycles. The van der Waals surface area contributed by atoms with Crippen molar-refractivity contribution >= 4 is 71.7 Å². The van der Waals surface area contributed by atoms with Gasteiger partial charge in [0.15, 0.2) is 0 Å². The smallest absolute Gasteiger partial charge is 0.137 e. The van der Waals surface area contributed by atoms with Crippen LogP contribution < -0.4 is 4.90 Å². The van der Waals surface area contributed by atoms with E-state index in [0.717, 1.165) is 60.9 Å². The fourth-order valence-electron chi connectivity index (χ4n) is 6.49. The zero-order valence-electron chi connectivity index (χ0n) is 23.2. The summed E-state index contributed by atoms with van der Waals surface area (Å²) in [6, 6.07) is 53.1. The Kier molecular flexibility index (Phi) is 5.20. The van der Waals surface area contributed by atoms with E-state index in [0.29, 0.717) is 0 Å². The first-order valence-corrected chi connectivity index (χ1v) is 14.5. The largest absolute Gasteiger partial charge is 0.456 e. The van der Waals surface area contributed by atoms with Gasteiger partial charge in [-0.25, -0.2) is 0 Å². The molecule has 2 heterocycles. The Morgan fingerprint density at radius 2 is 1.00 bits per heavy atom. The quantitative estimate of drug-likeness (QED) is 0.218. The van der Waals surface area contributed by atoms with Gasteiger partial charge in [-0.3, -0.25) is 0 Å². The molecule has 9 rings (SSSR count). The van der Waals surface area contributed by atoms with Gasteiger partial charge in [0.2, 0.25) is 0 Å². The summed E-state index contributed by atoms with van der Waals surface area (Å²) in [5.41, 5.74) is 9.02. The summed E-state index contributed by atoms with van der Waals surface area (Å²) >= 11 is 0. The molecular formula is C40H25NO2. The van der Waals surface area contributed by atoms with Crippen LogP contribution in [0.2, 0.25) is 0 Å². The van der Waals surface area contributed by atoms with Crippen molar-refractivity contribution in [2.24, 2.45) is 0 Å². The maximum atomic E-state index is 6.33. The molecule has 0 saturated heterocycles. The standard InChI is InChI=1S/C40H25NO2/c1-2-11-30-26(9-1)10-7-14-31(30)27-19-21-28(22-20-27)41(29-23-24-33-32-12-3-5-16-36(32)43-39(33)25-29)35-15-8-18-38-40(35)34-13-4-6-17-37(34)42-38/h1-25H. The Hall–Kier alpha value is -5.80. The number of fused-ring (bicyclic) bond motifs is 7. The van der Waals surface area contributed by atoms with E-state index < -0.39 is 0 Å². The van der Waals surface area contributed by atoms with Crippen molar-refractivity contribution in [2.75, 3.05) is 4.90 Å². The average molecular weight is 552 g/mol. The Morgan fingerprint density at radius 3 is 1.86 bits per heavy atom. The third kappa shape index (κ3) is 3.75. The average Bonchev–Trinajstić information content (AvgIpc) is 3.63. The lowest BCUT2D eigenvalue weighted by Gasteiger charge is -2.26. The summed E-state index contributed by atoms with van der Waals surface area (Å²) in [5.74, 6) is 0. The van der Waals surface area contributed by atoms with Crippen LogP contribution in [0, 0.1) is 0 Å². The lowest BCUT2D eigenvalue weighted by molar-refractivity contribution is 0.669. The summed E-state index contributed by atoms with van der Waals surface area (Å²) in [4.78, 5) is 2.31. The number of benzene rings is 7. The summed E-state index contributed by atoms with van der Waals surface area (Å²) in [5, 5.41) is 6.90. The number of anilines is 3. The summed E-state index contributed by atoms with van der Waals surface area (Å²) in [6.45, 7) is 0. The molecule has 0 aliphatic rings. The molecular weight excluding hydrogens is 526 g/mol. The van der Waals surface area contributed by atoms with Crippen LogP contribution in [0.15, 0.2) is 160 Å². The Bertz CT molecular complexity index is 2460. The molecule has 0 spiro atoms. The van der Waals surface area contributed by atoms with Crippen LogP contribution in [0.4, 0.5) is 17.1 Å². The third-order valence-electron chi connectivity index (χ3n) is 8.47. The van der Waals surface area contributed by atoms with Gasteiger partial charge in [-0.1, -0.05) is 97.1 Å². The molecule has 0 fully saturated rings. The number of hydrogen-bond donors (Lipinski definition) is 0. The summed E-state index contributed by atoms with van der Waals surface area (Å²) in [7, 11) is 0. The Labute approximate surface area is 247 Å². The number of furan rings is 2. The van der Waals surface area contributed by atoms with Crippen molar-refractivity contribution < 1.29 is 8.83 Å². The highest BCUT2D eigenvalue weighted by Gasteiger charge is 2.20. The van der Waals surface area contributed by atoms with E-state index in [1.165, 1.54) is 21.9 Å². The molecule has 202 valence electrons. The molecule has 0 unspecified atom stereocenters. The van der Waals surface area contributed by atoms with Crippen LogP contribution in [0.25, 0.3) is 65.8 Å². The van der Waals surface area contributed by atoms with E-state index in [4.69, 9.17) is 8.83 Å². The van der Waals surface area contributed by atoms with Crippen LogP contribution in [0.1, 0.15) is 0 Å². The van der Waals surface area contributed by atoms with Gasteiger partial charge in [0, 0.05) is 33.6 Å². The van der Waals surface area contributed by atoms with Crippen LogP contribution in [-0.4, -0.2) is 0 Å². The number of nitrogens with zero attached hydrogens (tertiary/aromatic N) is 1. The molecule has 0 amide bonds. The fraction of sp³-hybridized carbons (Fsp3) is 0. The first kappa shape index (κ1) is 23.9. The first-order chi connectivity index (χ1) is 21.3. The normalized spacial score (nSPS) is 11.7. The van der Waals surface area contributed by atoms with E-state index in [1.54, 1.807) is 0 Å². The number of rotatable bonds is 4. The third-order valence-corrected chi connectivity index (χ3v) is 8.47. The molecule has 0 atom stereocenters. The summed E-state index contributed by atoms with van der Waals surface area (Å²) in [6.07, 6.45) is 0. The van der Waals surface area contributed by atoms with Gasteiger partial charge < -0.3 is 13.7 Å². The fourth-order valence-corrected chi connectivity index (χ4v) is 6.49. The van der Waals surface area contributed by atoms with E-state index in [9.17, 15) is 0 Å². The lowest BCUT2D eigenvalue weighted by Crippen LogP contribution is -2.10. The predicted octanol–water partition coefficient (Wildman–Crippen LogP) is 11.8. The highest BCUT2D eigenvalue weighted by atomic mass is 16.3. The lowest BCUT2D eigenvalue weighted by atomic mass is 9.98. The molecule has 3 nitrogen and oxygen atoms in total. The van der Waals surface area contributed by atoms with E-state index in [1.807, 2.05) is 30.3 Å². The minimum atomic E-state index is 0.861. The molecule has 0 N–H and O–H groups in total. The zero-order chi connectivity index (χ0) is 28.3. The van der Waals surface area contributed by atoms with Gasteiger partial charge in [-0.05, 0) is 70.4 Å². The Balaban J connectivity index is 1.26. The van der Waals surface area contributed by atoms with Crippen LogP contribution in [0.3, 0.4) is 0 Å². The zero-order valence-corrected chi connectivity index (χ0v) is 23.2. The maximum absolute atomic E-state index is 6.33. The predicted molar refractivity (Wildman–Crippen MR) is 179 cm³/mol. The van der Waals surface area contributed by atoms with Crippen molar-refractivity contribution in [3.8, 4) is 11.1 Å². The van der Waals surface area contributed by atoms with Gasteiger partial charge in [-0.15, -0.1) is 0 Å². The molecule has 0 bridgehead atoms. The SMILES string of the molecule is c1ccc2c(-c3ccc(N(c4ccc5c(c4)oc4ccccc45)c4cccc5oc6ccccc6c45)cc3)cccc2c1. The second-order valence-electron chi connectivity index (χ2n) is 10.9. The van der Waals surface area contributed by atoms with E-state index in [2.05, 4.69) is 126 Å².